The van der Waals surface area contributed by atoms with Crippen molar-refractivity contribution in [1.29, 1.82) is 0 Å². The number of pyridine rings is 1. The van der Waals surface area contributed by atoms with Gasteiger partial charge in [0, 0.05) is 12.4 Å². The van der Waals surface area contributed by atoms with E-state index in [0.29, 0.717) is 11.1 Å². The Morgan fingerprint density at radius 1 is 1.29 bits per heavy atom. The summed E-state index contributed by atoms with van der Waals surface area (Å²) in [4.78, 5) is 28.2. The zero-order valence-corrected chi connectivity index (χ0v) is 12.9. The summed E-state index contributed by atoms with van der Waals surface area (Å²) in [6.45, 7) is 0. The molecule has 122 valence electrons. The number of rotatable bonds is 4. The van der Waals surface area contributed by atoms with Crippen molar-refractivity contribution in [2.75, 3.05) is 7.11 Å². The zero-order chi connectivity index (χ0) is 17.1. The lowest BCUT2D eigenvalue weighted by Gasteiger charge is -2.16. The lowest BCUT2D eigenvalue weighted by Crippen LogP contribution is -2.13. The fourth-order valence-electron chi connectivity index (χ4n) is 2.58. The lowest BCUT2D eigenvalue weighted by molar-refractivity contribution is -0.140. The van der Waals surface area contributed by atoms with Crippen LogP contribution in [0.15, 0.2) is 58.0 Å². The van der Waals surface area contributed by atoms with Crippen molar-refractivity contribution < 1.29 is 19.1 Å². The zero-order valence-electron chi connectivity index (χ0n) is 12.9. The number of hydrogen-bond donors (Lipinski definition) is 1. The summed E-state index contributed by atoms with van der Waals surface area (Å²) < 4.78 is 10.5. The number of carbonyl (C=O) groups is 1. The Balaban J connectivity index is 2.21. The molecule has 0 bridgehead atoms. The van der Waals surface area contributed by atoms with E-state index in [1.807, 2.05) is 0 Å². The van der Waals surface area contributed by atoms with Crippen LogP contribution in [0.2, 0.25) is 0 Å². The van der Waals surface area contributed by atoms with Gasteiger partial charge in [-0.05, 0) is 23.8 Å². The summed E-state index contributed by atoms with van der Waals surface area (Å²) in [5, 5.41) is 10.6. The van der Waals surface area contributed by atoms with E-state index >= 15 is 0 Å². The second-order valence-electron chi connectivity index (χ2n) is 5.26. The van der Waals surface area contributed by atoms with Gasteiger partial charge in [-0.25, -0.2) is 0 Å². The number of methoxy groups -OCH3 is 1. The number of esters is 1. The van der Waals surface area contributed by atoms with Gasteiger partial charge in [-0.1, -0.05) is 18.2 Å². The van der Waals surface area contributed by atoms with Crippen LogP contribution in [0.4, 0.5) is 0 Å². The molecule has 2 aromatic heterocycles. The molecule has 0 unspecified atom stereocenters. The Morgan fingerprint density at radius 3 is 2.79 bits per heavy atom. The number of aromatic hydroxyl groups is 1. The molecular weight excluding hydrogens is 310 g/mol. The third-order valence-electron chi connectivity index (χ3n) is 3.80. The first-order chi connectivity index (χ1) is 11.6. The van der Waals surface area contributed by atoms with Crippen LogP contribution in [-0.4, -0.2) is 23.2 Å². The maximum atomic E-state index is 12.4. The van der Waals surface area contributed by atoms with Crippen molar-refractivity contribution in [1.82, 2.24) is 4.98 Å². The van der Waals surface area contributed by atoms with Crippen LogP contribution in [0.25, 0.3) is 11.0 Å². The summed E-state index contributed by atoms with van der Waals surface area (Å²) in [6.07, 6.45) is 3.06. The van der Waals surface area contributed by atoms with E-state index in [0.717, 1.165) is 0 Å². The van der Waals surface area contributed by atoms with Gasteiger partial charge >= 0.3 is 5.97 Å². The van der Waals surface area contributed by atoms with E-state index < -0.39 is 23.1 Å². The van der Waals surface area contributed by atoms with Gasteiger partial charge in [0.05, 0.1) is 24.8 Å². The van der Waals surface area contributed by atoms with Crippen LogP contribution in [0.3, 0.4) is 0 Å². The van der Waals surface area contributed by atoms with Crippen LogP contribution >= 0.6 is 0 Å². The number of carbonyl (C=O) groups excluding carboxylic acids is 1. The molecule has 3 rings (SSSR count). The Labute approximate surface area is 137 Å². The number of ether oxygens (including phenoxy) is 1. The summed E-state index contributed by atoms with van der Waals surface area (Å²) in [6, 6.07) is 10.1. The summed E-state index contributed by atoms with van der Waals surface area (Å²) in [7, 11) is 1.28. The predicted octanol–water partition coefficient (Wildman–Crippen LogP) is 2.59. The molecule has 0 saturated carbocycles. The van der Waals surface area contributed by atoms with Crippen LogP contribution in [0.5, 0.6) is 5.75 Å². The first-order valence-electron chi connectivity index (χ1n) is 7.33. The molecule has 1 N–H and O–H groups in total. The summed E-state index contributed by atoms with van der Waals surface area (Å²) >= 11 is 0. The van der Waals surface area contributed by atoms with Crippen molar-refractivity contribution in [2.24, 2.45) is 0 Å². The molecule has 0 radical (unpaired) electrons. The minimum absolute atomic E-state index is 0.0251. The van der Waals surface area contributed by atoms with Crippen LogP contribution in [-0.2, 0) is 9.53 Å². The largest absolute Gasteiger partial charge is 0.502 e. The SMILES string of the molecule is COC(=O)C[C@@H](c1cccnc1)c1oc2ccccc2c(=O)c1O. The van der Waals surface area contributed by atoms with Gasteiger partial charge in [0.1, 0.15) is 5.58 Å². The number of fused-ring (bicyclic) bond motifs is 1. The van der Waals surface area contributed by atoms with E-state index in [9.17, 15) is 14.7 Å². The smallest absolute Gasteiger partial charge is 0.306 e. The Morgan fingerprint density at radius 2 is 2.08 bits per heavy atom. The normalized spacial score (nSPS) is 12.0. The molecule has 2 heterocycles. The van der Waals surface area contributed by atoms with Crippen molar-refractivity contribution >= 4 is 16.9 Å². The average Bonchev–Trinajstić information content (AvgIpc) is 2.63. The highest BCUT2D eigenvalue weighted by atomic mass is 16.5. The first-order valence-corrected chi connectivity index (χ1v) is 7.33. The Hall–Kier alpha value is -3.15. The Bertz CT molecular complexity index is 933. The van der Waals surface area contributed by atoms with Gasteiger partial charge in [0.15, 0.2) is 5.76 Å². The fourth-order valence-corrected chi connectivity index (χ4v) is 2.58. The van der Waals surface area contributed by atoms with Gasteiger partial charge in [-0.2, -0.15) is 0 Å². The Kier molecular flexibility index (Phi) is 4.29. The molecule has 0 aliphatic heterocycles. The van der Waals surface area contributed by atoms with Crippen molar-refractivity contribution in [3.05, 3.63) is 70.3 Å². The highest BCUT2D eigenvalue weighted by Gasteiger charge is 2.27. The van der Waals surface area contributed by atoms with Crippen molar-refractivity contribution in [3.63, 3.8) is 0 Å². The van der Waals surface area contributed by atoms with Gasteiger partial charge in [0.2, 0.25) is 11.2 Å². The number of hydrogen-bond acceptors (Lipinski definition) is 6. The molecule has 1 aromatic carbocycles. The monoisotopic (exact) mass is 325 g/mol. The molecule has 0 aliphatic rings. The minimum atomic E-state index is -0.677. The maximum Gasteiger partial charge on any atom is 0.306 e. The predicted molar refractivity (Wildman–Crippen MR) is 86.9 cm³/mol. The van der Waals surface area contributed by atoms with Crippen LogP contribution in [0.1, 0.15) is 23.7 Å². The lowest BCUT2D eigenvalue weighted by atomic mass is 9.93. The molecule has 0 spiro atoms. The molecule has 6 heteroatoms. The van der Waals surface area contributed by atoms with Gasteiger partial charge in [-0.3, -0.25) is 14.6 Å². The third-order valence-corrected chi connectivity index (χ3v) is 3.80. The van der Waals surface area contributed by atoms with Crippen molar-refractivity contribution in [3.8, 4) is 5.75 Å². The number of aromatic nitrogens is 1. The molecule has 0 aliphatic carbocycles. The molecule has 1 atom stereocenters. The van der Waals surface area contributed by atoms with E-state index in [2.05, 4.69) is 4.98 Å². The van der Waals surface area contributed by atoms with E-state index in [-0.39, 0.29) is 17.6 Å². The molecule has 3 aromatic rings. The topological polar surface area (TPSA) is 89.6 Å². The summed E-state index contributed by atoms with van der Waals surface area (Å²) in [5.74, 6) is -1.65. The van der Waals surface area contributed by atoms with Crippen LogP contribution in [0, 0.1) is 0 Å². The highest BCUT2D eigenvalue weighted by Crippen LogP contribution is 2.34. The van der Waals surface area contributed by atoms with Gasteiger partial charge < -0.3 is 14.3 Å². The number of benzene rings is 1. The standard InChI is InChI=1S/C18H15NO5/c1-23-15(20)9-13(11-5-4-8-19-10-11)18-17(22)16(21)12-6-2-3-7-14(12)24-18/h2-8,10,13,22H,9H2,1H3/t13-/m0/s1. The van der Waals surface area contributed by atoms with Crippen LogP contribution < -0.4 is 5.43 Å². The van der Waals surface area contributed by atoms with E-state index in [4.69, 9.17) is 9.15 Å². The second-order valence-corrected chi connectivity index (χ2v) is 5.26. The molecule has 0 fully saturated rings. The first kappa shape index (κ1) is 15.7. The molecule has 0 saturated heterocycles. The molecule has 24 heavy (non-hydrogen) atoms. The maximum absolute atomic E-state index is 12.4. The van der Waals surface area contributed by atoms with E-state index in [1.54, 1.807) is 48.8 Å². The van der Waals surface area contributed by atoms with Crippen molar-refractivity contribution in [2.45, 2.75) is 12.3 Å². The van der Waals surface area contributed by atoms with Gasteiger partial charge in [0.25, 0.3) is 0 Å². The summed E-state index contributed by atoms with van der Waals surface area (Å²) in [5.41, 5.74) is 0.441. The van der Waals surface area contributed by atoms with E-state index in [1.165, 1.54) is 7.11 Å². The minimum Gasteiger partial charge on any atom is -0.502 e. The number of para-hydroxylation sites is 1. The molecule has 6 nitrogen and oxygen atoms in total. The quantitative estimate of drug-likeness (QED) is 0.742. The highest BCUT2D eigenvalue weighted by molar-refractivity contribution is 5.78. The fraction of sp³-hybridized carbons (Fsp3) is 0.167. The average molecular weight is 325 g/mol. The molecular formula is C18H15NO5. The number of nitrogens with zero attached hydrogens (tertiary/aromatic N) is 1. The third kappa shape index (κ3) is 2.86. The van der Waals surface area contributed by atoms with Gasteiger partial charge in [-0.15, -0.1) is 0 Å². The molecule has 0 amide bonds. The second kappa shape index (κ2) is 6.54.